The van der Waals surface area contributed by atoms with Crippen LogP contribution in [0.2, 0.25) is 0 Å². The molecule has 0 saturated carbocycles. The van der Waals surface area contributed by atoms with Gasteiger partial charge in [-0.15, -0.1) is 11.3 Å². The maximum absolute atomic E-state index is 12.0. The van der Waals surface area contributed by atoms with Crippen LogP contribution in [0.4, 0.5) is 5.00 Å². The first-order valence-electron chi connectivity index (χ1n) is 7.35. The Morgan fingerprint density at radius 3 is 3.00 bits per heavy atom. The predicted molar refractivity (Wildman–Crippen MR) is 86.7 cm³/mol. The topological polar surface area (TPSA) is 66.0 Å². The highest BCUT2D eigenvalue weighted by Gasteiger charge is 2.20. The third kappa shape index (κ3) is 3.12. The number of anilines is 1. The molecule has 0 saturated heterocycles. The van der Waals surface area contributed by atoms with E-state index in [1.165, 1.54) is 28.7 Å². The van der Waals surface area contributed by atoms with Crippen LogP contribution in [0.15, 0.2) is 28.9 Å². The summed E-state index contributed by atoms with van der Waals surface area (Å²) < 4.78 is 5.14. The molecule has 0 aromatic carbocycles. The Morgan fingerprint density at radius 2 is 2.23 bits per heavy atom. The quantitative estimate of drug-likeness (QED) is 0.684. The van der Waals surface area contributed by atoms with Gasteiger partial charge in [0.15, 0.2) is 0 Å². The van der Waals surface area contributed by atoms with Gasteiger partial charge in [0.2, 0.25) is 5.91 Å². The predicted octanol–water partition coefficient (Wildman–Crippen LogP) is 4.13. The molecule has 1 aliphatic rings. The first-order chi connectivity index (χ1) is 10.8. The second-order valence-corrected chi connectivity index (χ2v) is 6.32. The van der Waals surface area contributed by atoms with E-state index in [2.05, 4.69) is 11.4 Å². The molecule has 1 aliphatic carbocycles. The van der Waals surface area contributed by atoms with Gasteiger partial charge in [0.05, 0.1) is 11.8 Å². The average molecular weight is 312 g/mol. The highest BCUT2D eigenvalue weighted by atomic mass is 32.1. The van der Waals surface area contributed by atoms with Crippen LogP contribution in [-0.4, -0.2) is 5.91 Å². The number of hydrogen-bond acceptors (Lipinski definition) is 4. The van der Waals surface area contributed by atoms with Crippen LogP contribution < -0.4 is 5.32 Å². The van der Waals surface area contributed by atoms with Gasteiger partial charge in [-0.1, -0.05) is 6.42 Å². The first-order valence-corrected chi connectivity index (χ1v) is 8.17. The molecule has 0 atom stereocenters. The van der Waals surface area contributed by atoms with E-state index in [0.717, 1.165) is 31.2 Å². The fourth-order valence-corrected chi connectivity index (χ4v) is 3.89. The standard InChI is InChI=1S/C17H16N2O2S/c18-11-14-13-6-2-1-3-7-15(13)22-17(14)19-16(20)9-8-12-5-4-10-21-12/h4-5,8-10H,1-3,6-7H2,(H,19,20)/b9-8+. The largest absolute Gasteiger partial charge is 0.465 e. The van der Waals surface area contributed by atoms with Crippen molar-refractivity contribution in [2.45, 2.75) is 32.1 Å². The molecule has 112 valence electrons. The van der Waals surface area contributed by atoms with Crippen LogP contribution in [-0.2, 0) is 17.6 Å². The molecule has 0 bridgehead atoms. The first kappa shape index (κ1) is 14.6. The Bertz CT molecular complexity index is 736. The Kier molecular flexibility index (Phi) is 4.40. The van der Waals surface area contributed by atoms with Crippen molar-refractivity contribution in [2.75, 3.05) is 5.32 Å². The van der Waals surface area contributed by atoms with Crippen LogP contribution in [0.5, 0.6) is 0 Å². The van der Waals surface area contributed by atoms with E-state index < -0.39 is 0 Å². The van der Waals surface area contributed by atoms with E-state index in [-0.39, 0.29) is 5.91 Å². The lowest BCUT2D eigenvalue weighted by atomic mass is 10.1. The van der Waals surface area contributed by atoms with Crippen molar-refractivity contribution in [2.24, 2.45) is 0 Å². The Balaban J connectivity index is 1.77. The van der Waals surface area contributed by atoms with Gasteiger partial charge < -0.3 is 9.73 Å². The number of nitrogens with zero attached hydrogens (tertiary/aromatic N) is 1. The molecule has 0 spiro atoms. The maximum atomic E-state index is 12.0. The van der Waals surface area contributed by atoms with E-state index in [9.17, 15) is 10.1 Å². The highest BCUT2D eigenvalue weighted by molar-refractivity contribution is 7.16. The second-order valence-electron chi connectivity index (χ2n) is 5.22. The molecule has 0 aliphatic heterocycles. The highest BCUT2D eigenvalue weighted by Crippen LogP contribution is 2.36. The molecular weight excluding hydrogens is 296 g/mol. The zero-order valence-electron chi connectivity index (χ0n) is 12.1. The Hall–Kier alpha value is -2.32. The van der Waals surface area contributed by atoms with Crippen molar-refractivity contribution >= 4 is 28.3 Å². The number of nitriles is 1. The number of nitrogens with one attached hydrogen (secondary N) is 1. The lowest BCUT2D eigenvalue weighted by Crippen LogP contribution is -2.07. The molecule has 2 heterocycles. The van der Waals surface area contributed by atoms with Crippen LogP contribution in [0.1, 0.15) is 41.0 Å². The monoisotopic (exact) mass is 312 g/mol. The lowest BCUT2D eigenvalue weighted by Gasteiger charge is -2.00. The lowest BCUT2D eigenvalue weighted by molar-refractivity contribution is -0.111. The van der Waals surface area contributed by atoms with Crippen molar-refractivity contribution in [3.05, 3.63) is 46.2 Å². The zero-order chi connectivity index (χ0) is 15.4. The van der Waals surface area contributed by atoms with Crippen molar-refractivity contribution < 1.29 is 9.21 Å². The number of rotatable bonds is 3. The number of carbonyl (C=O) groups excluding carboxylic acids is 1. The summed E-state index contributed by atoms with van der Waals surface area (Å²) in [6.07, 6.45) is 10.0. The minimum absolute atomic E-state index is 0.246. The van der Waals surface area contributed by atoms with Crippen molar-refractivity contribution in [3.8, 4) is 6.07 Å². The molecule has 22 heavy (non-hydrogen) atoms. The third-order valence-electron chi connectivity index (χ3n) is 3.71. The van der Waals surface area contributed by atoms with Crippen LogP contribution >= 0.6 is 11.3 Å². The summed E-state index contributed by atoms with van der Waals surface area (Å²) in [5, 5.41) is 12.9. The normalized spacial score (nSPS) is 14.3. The van der Waals surface area contributed by atoms with E-state index in [4.69, 9.17) is 4.42 Å². The van der Waals surface area contributed by atoms with Gasteiger partial charge in [-0.3, -0.25) is 4.79 Å². The number of fused-ring (bicyclic) bond motifs is 1. The number of furan rings is 1. The van der Waals surface area contributed by atoms with Gasteiger partial charge in [-0.2, -0.15) is 5.26 Å². The molecular formula is C17H16N2O2S. The van der Waals surface area contributed by atoms with E-state index >= 15 is 0 Å². The van der Waals surface area contributed by atoms with E-state index in [1.807, 2.05) is 0 Å². The Morgan fingerprint density at radius 1 is 1.36 bits per heavy atom. The summed E-state index contributed by atoms with van der Waals surface area (Å²) >= 11 is 1.54. The number of thiophene rings is 1. The van der Waals surface area contributed by atoms with Crippen molar-refractivity contribution in [3.63, 3.8) is 0 Å². The smallest absolute Gasteiger partial charge is 0.249 e. The Labute approximate surface area is 133 Å². The fraction of sp³-hybridized carbons (Fsp3) is 0.294. The number of hydrogen-bond donors (Lipinski definition) is 1. The van der Waals surface area contributed by atoms with Gasteiger partial charge in [-0.05, 0) is 49.5 Å². The molecule has 5 heteroatoms. The van der Waals surface area contributed by atoms with Gasteiger partial charge in [0.1, 0.15) is 16.8 Å². The van der Waals surface area contributed by atoms with Gasteiger partial charge in [-0.25, -0.2) is 0 Å². The van der Waals surface area contributed by atoms with Crippen LogP contribution in [0, 0.1) is 11.3 Å². The van der Waals surface area contributed by atoms with Crippen LogP contribution in [0.3, 0.4) is 0 Å². The van der Waals surface area contributed by atoms with E-state index in [0.29, 0.717) is 16.3 Å². The van der Waals surface area contributed by atoms with Crippen molar-refractivity contribution in [1.82, 2.24) is 0 Å². The summed E-state index contributed by atoms with van der Waals surface area (Å²) in [6, 6.07) is 5.80. The summed E-state index contributed by atoms with van der Waals surface area (Å²) in [4.78, 5) is 13.3. The molecule has 2 aromatic rings. The number of amides is 1. The minimum atomic E-state index is -0.246. The molecule has 0 fully saturated rings. The van der Waals surface area contributed by atoms with Gasteiger partial charge in [0.25, 0.3) is 0 Å². The van der Waals surface area contributed by atoms with Crippen LogP contribution in [0.25, 0.3) is 6.08 Å². The zero-order valence-corrected chi connectivity index (χ0v) is 12.9. The average Bonchev–Trinajstić information content (AvgIpc) is 3.08. The summed E-state index contributed by atoms with van der Waals surface area (Å²) in [5.74, 6) is 0.377. The minimum Gasteiger partial charge on any atom is -0.465 e. The number of aryl methyl sites for hydroxylation is 1. The molecule has 4 nitrogen and oxygen atoms in total. The molecule has 1 N–H and O–H groups in total. The molecule has 0 radical (unpaired) electrons. The maximum Gasteiger partial charge on any atom is 0.249 e. The summed E-state index contributed by atoms with van der Waals surface area (Å²) in [5.41, 5.74) is 1.77. The molecule has 0 unspecified atom stereocenters. The summed E-state index contributed by atoms with van der Waals surface area (Å²) in [7, 11) is 0. The van der Waals surface area contributed by atoms with E-state index in [1.54, 1.807) is 24.5 Å². The fourth-order valence-electron chi connectivity index (χ4n) is 2.65. The van der Waals surface area contributed by atoms with Crippen molar-refractivity contribution in [1.29, 1.82) is 5.26 Å². The number of carbonyl (C=O) groups is 1. The second kappa shape index (κ2) is 6.63. The molecule has 3 rings (SSSR count). The summed E-state index contributed by atoms with van der Waals surface area (Å²) in [6.45, 7) is 0. The molecule has 2 aromatic heterocycles. The van der Waals surface area contributed by atoms with Gasteiger partial charge >= 0.3 is 0 Å². The molecule has 1 amide bonds. The SMILES string of the molecule is N#Cc1c(NC(=O)/C=C/c2ccco2)sc2c1CCCCC2. The van der Waals surface area contributed by atoms with Gasteiger partial charge in [0, 0.05) is 11.0 Å². The third-order valence-corrected chi connectivity index (χ3v) is 4.92.